The van der Waals surface area contributed by atoms with E-state index in [1.54, 1.807) is 30.6 Å². The summed E-state index contributed by atoms with van der Waals surface area (Å²) in [5.41, 5.74) is 3.87. The number of para-hydroxylation sites is 1. The Morgan fingerprint density at radius 2 is 2.00 bits per heavy atom. The summed E-state index contributed by atoms with van der Waals surface area (Å²) in [5.74, 6) is 0.519. The molecule has 2 aromatic carbocycles. The predicted molar refractivity (Wildman–Crippen MR) is 143 cm³/mol. The van der Waals surface area contributed by atoms with Crippen LogP contribution in [0.1, 0.15) is 40.2 Å². The van der Waals surface area contributed by atoms with Gasteiger partial charge in [-0.3, -0.25) is 19.5 Å². The molecule has 0 aliphatic carbocycles. The summed E-state index contributed by atoms with van der Waals surface area (Å²) in [6.07, 6.45) is 5.05. The number of benzene rings is 2. The lowest BCUT2D eigenvalue weighted by Crippen LogP contribution is -2.40. The van der Waals surface area contributed by atoms with Gasteiger partial charge in [-0.2, -0.15) is 4.98 Å². The lowest BCUT2D eigenvalue weighted by Gasteiger charge is -2.31. The number of hydrogen-bond donors (Lipinski definition) is 2. The van der Waals surface area contributed by atoms with E-state index in [0.717, 1.165) is 36.1 Å². The first-order chi connectivity index (χ1) is 18.5. The van der Waals surface area contributed by atoms with E-state index < -0.39 is 0 Å². The monoisotopic (exact) mass is 510 g/mol. The topological polar surface area (TPSA) is 113 Å². The molecule has 0 saturated carbocycles. The quantitative estimate of drug-likeness (QED) is 0.365. The Kier molecular flexibility index (Phi) is 7.84. The predicted octanol–water partition coefficient (Wildman–Crippen LogP) is 4.22. The summed E-state index contributed by atoms with van der Waals surface area (Å²) in [6, 6.07) is 18.7. The van der Waals surface area contributed by atoms with Crippen molar-refractivity contribution in [3.63, 3.8) is 0 Å². The molecular weight excluding hydrogens is 480 g/mol. The lowest BCUT2D eigenvalue weighted by atomic mass is 9.96. The number of rotatable bonds is 8. The zero-order valence-electron chi connectivity index (χ0n) is 21.3. The third kappa shape index (κ3) is 6.30. The van der Waals surface area contributed by atoms with E-state index in [4.69, 9.17) is 4.52 Å². The van der Waals surface area contributed by atoms with Gasteiger partial charge in [0.15, 0.2) is 0 Å². The van der Waals surface area contributed by atoms with E-state index in [2.05, 4.69) is 30.7 Å². The van der Waals surface area contributed by atoms with Gasteiger partial charge in [0.05, 0.1) is 23.7 Å². The van der Waals surface area contributed by atoms with Crippen molar-refractivity contribution in [1.29, 1.82) is 0 Å². The minimum atomic E-state index is -0.254. The van der Waals surface area contributed by atoms with Crippen LogP contribution >= 0.6 is 0 Å². The van der Waals surface area contributed by atoms with E-state index in [1.807, 2.05) is 49.4 Å². The van der Waals surface area contributed by atoms with Crippen LogP contribution in [0.4, 0.5) is 5.69 Å². The number of pyridine rings is 1. The number of carbonyl (C=O) groups excluding carboxylic acids is 2. The van der Waals surface area contributed by atoms with Crippen molar-refractivity contribution in [2.75, 3.05) is 18.4 Å². The third-order valence-corrected chi connectivity index (χ3v) is 6.58. The molecule has 1 aliphatic heterocycles. The van der Waals surface area contributed by atoms with Crippen LogP contribution in [0.5, 0.6) is 0 Å². The average molecular weight is 511 g/mol. The second-order valence-electron chi connectivity index (χ2n) is 9.53. The van der Waals surface area contributed by atoms with Gasteiger partial charge in [0.25, 0.3) is 5.91 Å². The van der Waals surface area contributed by atoms with Gasteiger partial charge in [-0.05, 0) is 56.1 Å². The van der Waals surface area contributed by atoms with E-state index in [0.29, 0.717) is 42.6 Å². The molecule has 1 unspecified atom stereocenters. The highest BCUT2D eigenvalue weighted by Gasteiger charge is 2.28. The third-order valence-electron chi connectivity index (χ3n) is 6.58. The second-order valence-corrected chi connectivity index (χ2v) is 9.53. The SMILES string of the molecule is Cc1cccc(-c2noc(CN3CCCC(C(=O)Nc4ccccc4C(=O)NCc4cccnc4)C3)n2)c1. The van der Waals surface area contributed by atoms with Crippen molar-refractivity contribution in [3.8, 4) is 11.4 Å². The highest BCUT2D eigenvalue weighted by Crippen LogP contribution is 2.23. The van der Waals surface area contributed by atoms with Gasteiger partial charge in [-0.25, -0.2) is 0 Å². The van der Waals surface area contributed by atoms with Crippen LogP contribution in [0.3, 0.4) is 0 Å². The number of anilines is 1. The van der Waals surface area contributed by atoms with Gasteiger partial charge in [-0.15, -0.1) is 0 Å². The fraction of sp³-hybridized carbons (Fsp3) is 0.276. The summed E-state index contributed by atoms with van der Waals surface area (Å²) in [7, 11) is 0. The molecule has 2 amide bonds. The molecule has 2 N–H and O–H groups in total. The number of carbonyl (C=O) groups is 2. The molecule has 0 spiro atoms. The van der Waals surface area contributed by atoms with Crippen molar-refractivity contribution in [2.45, 2.75) is 32.9 Å². The Morgan fingerprint density at radius 3 is 2.84 bits per heavy atom. The number of nitrogens with zero attached hydrogens (tertiary/aromatic N) is 4. The van der Waals surface area contributed by atoms with Crippen molar-refractivity contribution < 1.29 is 14.1 Å². The molecule has 0 bridgehead atoms. The van der Waals surface area contributed by atoms with Gasteiger partial charge in [0.2, 0.25) is 17.6 Å². The molecule has 2 aromatic heterocycles. The number of aryl methyl sites for hydroxylation is 1. The van der Waals surface area contributed by atoms with Crippen molar-refractivity contribution in [3.05, 3.63) is 95.6 Å². The average Bonchev–Trinajstić information content (AvgIpc) is 3.41. The number of piperidine rings is 1. The van der Waals surface area contributed by atoms with E-state index in [-0.39, 0.29) is 17.7 Å². The number of aromatic nitrogens is 3. The summed E-state index contributed by atoms with van der Waals surface area (Å²) in [4.78, 5) is 36.9. The van der Waals surface area contributed by atoms with Crippen LogP contribution in [-0.4, -0.2) is 44.9 Å². The van der Waals surface area contributed by atoms with Gasteiger partial charge in [0.1, 0.15) is 0 Å². The van der Waals surface area contributed by atoms with Crippen LogP contribution in [0.15, 0.2) is 77.6 Å². The Bertz CT molecular complexity index is 1400. The van der Waals surface area contributed by atoms with Gasteiger partial charge in [-0.1, -0.05) is 47.1 Å². The minimum absolute atomic E-state index is 0.104. The first-order valence-corrected chi connectivity index (χ1v) is 12.7. The largest absolute Gasteiger partial charge is 0.348 e. The molecule has 194 valence electrons. The maximum absolute atomic E-state index is 13.2. The van der Waals surface area contributed by atoms with E-state index in [9.17, 15) is 9.59 Å². The second kappa shape index (κ2) is 11.8. The first kappa shape index (κ1) is 25.3. The molecule has 1 fully saturated rings. The van der Waals surface area contributed by atoms with Gasteiger partial charge >= 0.3 is 0 Å². The molecular formula is C29H30N6O3. The maximum Gasteiger partial charge on any atom is 0.253 e. The summed E-state index contributed by atoms with van der Waals surface area (Å²) in [6.45, 7) is 4.28. The number of amides is 2. The summed E-state index contributed by atoms with van der Waals surface area (Å²) in [5, 5.41) is 10.0. The standard InChI is InChI=1S/C29H30N6O3/c1-20-7-4-9-22(15-20)27-33-26(38-34-27)19-35-14-6-10-23(18-35)28(36)32-25-12-3-2-11-24(25)29(37)31-17-21-8-5-13-30-16-21/h2-5,7-9,11-13,15-16,23H,6,10,14,17-19H2,1H3,(H,31,37)(H,32,36). The molecule has 9 heteroatoms. The van der Waals surface area contributed by atoms with Crippen LogP contribution in [0, 0.1) is 12.8 Å². The zero-order valence-corrected chi connectivity index (χ0v) is 21.3. The number of hydrogen-bond acceptors (Lipinski definition) is 7. The molecule has 1 atom stereocenters. The number of likely N-dealkylation sites (tertiary alicyclic amines) is 1. The Hall–Kier alpha value is -4.37. The van der Waals surface area contributed by atoms with Crippen molar-refractivity contribution >= 4 is 17.5 Å². The normalized spacial score (nSPS) is 15.7. The fourth-order valence-electron chi connectivity index (χ4n) is 4.63. The van der Waals surface area contributed by atoms with E-state index in [1.165, 1.54) is 0 Å². The van der Waals surface area contributed by atoms with E-state index >= 15 is 0 Å². The van der Waals surface area contributed by atoms with Crippen LogP contribution in [0.2, 0.25) is 0 Å². The molecule has 0 radical (unpaired) electrons. The van der Waals surface area contributed by atoms with Gasteiger partial charge < -0.3 is 15.2 Å². The Balaban J connectivity index is 1.19. The molecule has 3 heterocycles. The highest BCUT2D eigenvalue weighted by atomic mass is 16.5. The molecule has 4 aromatic rings. The smallest absolute Gasteiger partial charge is 0.253 e. The molecule has 9 nitrogen and oxygen atoms in total. The highest BCUT2D eigenvalue weighted by molar-refractivity contribution is 6.04. The molecule has 38 heavy (non-hydrogen) atoms. The summed E-state index contributed by atoms with van der Waals surface area (Å²) >= 11 is 0. The zero-order chi connectivity index (χ0) is 26.3. The molecule has 1 aliphatic rings. The molecule has 5 rings (SSSR count). The molecule has 1 saturated heterocycles. The van der Waals surface area contributed by atoms with Gasteiger partial charge in [0, 0.05) is 31.0 Å². The first-order valence-electron chi connectivity index (χ1n) is 12.7. The Labute approximate surface area is 221 Å². The number of nitrogens with one attached hydrogen (secondary N) is 2. The van der Waals surface area contributed by atoms with Crippen LogP contribution < -0.4 is 10.6 Å². The van der Waals surface area contributed by atoms with Crippen LogP contribution in [-0.2, 0) is 17.9 Å². The minimum Gasteiger partial charge on any atom is -0.348 e. The lowest BCUT2D eigenvalue weighted by molar-refractivity contribution is -0.121. The van der Waals surface area contributed by atoms with Crippen molar-refractivity contribution in [2.24, 2.45) is 5.92 Å². The Morgan fingerprint density at radius 1 is 1.11 bits per heavy atom. The summed E-state index contributed by atoms with van der Waals surface area (Å²) < 4.78 is 5.50. The van der Waals surface area contributed by atoms with Crippen molar-refractivity contribution in [1.82, 2.24) is 25.3 Å². The maximum atomic E-state index is 13.2. The van der Waals surface area contributed by atoms with Crippen LogP contribution in [0.25, 0.3) is 11.4 Å². The fourth-order valence-corrected chi connectivity index (χ4v) is 4.63.